The molecule has 0 aromatic heterocycles. The molecule has 0 saturated heterocycles. The van der Waals surface area contributed by atoms with E-state index in [0.717, 1.165) is 42.0 Å². The highest BCUT2D eigenvalue weighted by Gasteiger charge is 2.38. The Kier molecular flexibility index (Phi) is 3.13. The molecule has 0 heterocycles. The van der Waals surface area contributed by atoms with Crippen LogP contribution < -0.4 is 10.5 Å². The molecule has 88 valence electrons. The Morgan fingerprint density at radius 3 is 2.62 bits per heavy atom. The predicted octanol–water partition coefficient (Wildman–Crippen LogP) is 2.94. The highest BCUT2D eigenvalue weighted by Crippen LogP contribution is 2.38. The molecule has 0 atom stereocenters. The van der Waals surface area contributed by atoms with E-state index < -0.39 is 0 Å². The Morgan fingerprint density at radius 1 is 1.44 bits per heavy atom. The summed E-state index contributed by atoms with van der Waals surface area (Å²) in [6, 6.07) is 4.09. The zero-order valence-electron chi connectivity index (χ0n) is 9.85. The number of benzene rings is 1. The van der Waals surface area contributed by atoms with E-state index in [1.165, 1.54) is 5.56 Å². The van der Waals surface area contributed by atoms with Crippen molar-refractivity contribution in [3.05, 3.63) is 28.3 Å². The molecule has 0 bridgehead atoms. The molecule has 1 aliphatic rings. The zero-order valence-corrected chi connectivity index (χ0v) is 10.6. The van der Waals surface area contributed by atoms with E-state index in [1.807, 2.05) is 6.07 Å². The monoisotopic (exact) mass is 239 g/mol. The van der Waals surface area contributed by atoms with Crippen LogP contribution in [0, 0.1) is 0 Å². The van der Waals surface area contributed by atoms with E-state index in [9.17, 15) is 0 Å². The first-order chi connectivity index (χ1) is 7.58. The van der Waals surface area contributed by atoms with Crippen molar-refractivity contribution in [2.45, 2.75) is 38.1 Å². The van der Waals surface area contributed by atoms with Gasteiger partial charge in [0.1, 0.15) is 5.75 Å². The van der Waals surface area contributed by atoms with Gasteiger partial charge in [0.05, 0.1) is 7.11 Å². The Balaban J connectivity index is 2.30. The van der Waals surface area contributed by atoms with E-state index in [1.54, 1.807) is 7.11 Å². The molecule has 0 amide bonds. The van der Waals surface area contributed by atoms with Crippen LogP contribution in [0.5, 0.6) is 5.75 Å². The second-order valence-electron chi connectivity index (χ2n) is 4.65. The summed E-state index contributed by atoms with van der Waals surface area (Å²) in [4.78, 5) is 0. The smallest absolute Gasteiger partial charge is 0.123 e. The number of ether oxygens (including phenoxy) is 1. The van der Waals surface area contributed by atoms with Gasteiger partial charge in [-0.05, 0) is 43.4 Å². The van der Waals surface area contributed by atoms with Crippen LogP contribution in [-0.2, 0) is 12.8 Å². The molecule has 0 radical (unpaired) electrons. The van der Waals surface area contributed by atoms with Crippen molar-refractivity contribution in [1.82, 2.24) is 0 Å². The van der Waals surface area contributed by atoms with Gasteiger partial charge in [0.2, 0.25) is 0 Å². The Bertz CT molecular complexity index is 399. The second-order valence-corrected chi connectivity index (χ2v) is 5.06. The van der Waals surface area contributed by atoms with Crippen molar-refractivity contribution in [2.75, 3.05) is 7.11 Å². The molecule has 2 rings (SSSR count). The summed E-state index contributed by atoms with van der Waals surface area (Å²) in [7, 11) is 1.68. The maximum Gasteiger partial charge on any atom is 0.123 e. The average molecular weight is 240 g/mol. The van der Waals surface area contributed by atoms with Crippen LogP contribution in [-0.4, -0.2) is 12.6 Å². The summed E-state index contributed by atoms with van der Waals surface area (Å²) in [6.07, 6.45) is 4.01. The zero-order chi connectivity index (χ0) is 11.8. The lowest BCUT2D eigenvalue weighted by Gasteiger charge is -2.14. The molecular weight excluding hydrogens is 222 g/mol. The highest BCUT2D eigenvalue weighted by atomic mass is 35.5. The lowest BCUT2D eigenvalue weighted by Crippen LogP contribution is -2.24. The fourth-order valence-corrected chi connectivity index (χ4v) is 2.40. The van der Waals surface area contributed by atoms with Gasteiger partial charge in [-0.3, -0.25) is 0 Å². The molecule has 2 N–H and O–H groups in total. The third-order valence-corrected chi connectivity index (χ3v) is 3.57. The van der Waals surface area contributed by atoms with Crippen molar-refractivity contribution in [2.24, 2.45) is 5.73 Å². The number of rotatable bonds is 4. The maximum absolute atomic E-state index is 6.24. The Hall–Kier alpha value is -0.730. The molecule has 0 aliphatic heterocycles. The topological polar surface area (TPSA) is 35.2 Å². The summed E-state index contributed by atoms with van der Waals surface area (Å²) in [5.74, 6) is 0.884. The van der Waals surface area contributed by atoms with Gasteiger partial charge in [0.15, 0.2) is 0 Å². The van der Waals surface area contributed by atoms with Gasteiger partial charge in [0, 0.05) is 16.1 Å². The normalized spacial score (nSPS) is 17.2. The summed E-state index contributed by atoms with van der Waals surface area (Å²) in [6.45, 7) is 2.08. The van der Waals surface area contributed by atoms with Gasteiger partial charge in [-0.2, -0.15) is 0 Å². The molecule has 3 heteroatoms. The minimum Gasteiger partial charge on any atom is -0.496 e. The largest absolute Gasteiger partial charge is 0.496 e. The summed E-state index contributed by atoms with van der Waals surface area (Å²) in [5, 5.41) is 0.793. The van der Waals surface area contributed by atoms with Crippen molar-refractivity contribution in [3.63, 3.8) is 0 Å². The predicted molar refractivity (Wildman–Crippen MR) is 67.2 cm³/mol. The van der Waals surface area contributed by atoms with Gasteiger partial charge < -0.3 is 10.5 Å². The van der Waals surface area contributed by atoms with Crippen molar-refractivity contribution in [3.8, 4) is 5.75 Å². The van der Waals surface area contributed by atoms with Crippen LogP contribution in [0.4, 0.5) is 0 Å². The third-order valence-electron chi connectivity index (χ3n) is 3.24. The van der Waals surface area contributed by atoms with Crippen molar-refractivity contribution < 1.29 is 4.74 Å². The first-order valence-corrected chi connectivity index (χ1v) is 6.10. The maximum atomic E-state index is 6.24. The number of halogens is 1. The van der Waals surface area contributed by atoms with Gasteiger partial charge in [-0.25, -0.2) is 0 Å². The number of hydrogen-bond donors (Lipinski definition) is 1. The molecule has 1 aliphatic carbocycles. The lowest BCUT2D eigenvalue weighted by molar-refractivity contribution is 0.409. The van der Waals surface area contributed by atoms with Crippen LogP contribution in [0.2, 0.25) is 5.02 Å². The lowest BCUT2D eigenvalue weighted by atomic mass is 10.0. The first kappa shape index (κ1) is 11.7. The molecule has 16 heavy (non-hydrogen) atoms. The molecule has 1 saturated carbocycles. The highest BCUT2D eigenvalue weighted by molar-refractivity contribution is 6.31. The summed E-state index contributed by atoms with van der Waals surface area (Å²) >= 11 is 6.24. The molecule has 0 spiro atoms. The Labute approximate surface area is 102 Å². The van der Waals surface area contributed by atoms with Crippen LogP contribution in [0.3, 0.4) is 0 Å². The van der Waals surface area contributed by atoms with Gasteiger partial charge in [0.25, 0.3) is 0 Å². The fraction of sp³-hybridized carbons (Fsp3) is 0.538. The third kappa shape index (κ3) is 2.33. The van der Waals surface area contributed by atoms with Crippen LogP contribution >= 0.6 is 11.6 Å². The Morgan fingerprint density at radius 2 is 2.12 bits per heavy atom. The first-order valence-electron chi connectivity index (χ1n) is 5.72. The van der Waals surface area contributed by atoms with E-state index in [0.29, 0.717) is 0 Å². The minimum atomic E-state index is 0.0159. The quantitative estimate of drug-likeness (QED) is 0.877. The van der Waals surface area contributed by atoms with Crippen LogP contribution in [0.1, 0.15) is 30.9 Å². The van der Waals surface area contributed by atoms with Gasteiger partial charge in [-0.1, -0.05) is 18.5 Å². The molecule has 0 unspecified atom stereocenters. The van der Waals surface area contributed by atoms with Crippen LogP contribution in [0.25, 0.3) is 0 Å². The van der Waals surface area contributed by atoms with E-state index in [4.69, 9.17) is 22.1 Å². The van der Waals surface area contributed by atoms with Gasteiger partial charge >= 0.3 is 0 Å². The minimum absolute atomic E-state index is 0.0159. The SMILES string of the molecule is CCc1c(Cl)cc(CC2(N)CC2)cc1OC. The molecule has 1 fully saturated rings. The molecule has 2 nitrogen and oxygen atoms in total. The second kappa shape index (κ2) is 4.27. The van der Waals surface area contributed by atoms with E-state index in [2.05, 4.69) is 13.0 Å². The van der Waals surface area contributed by atoms with Crippen molar-refractivity contribution >= 4 is 11.6 Å². The molecule has 1 aromatic carbocycles. The van der Waals surface area contributed by atoms with Crippen molar-refractivity contribution in [1.29, 1.82) is 0 Å². The number of hydrogen-bond acceptors (Lipinski definition) is 2. The van der Waals surface area contributed by atoms with Crippen LogP contribution in [0.15, 0.2) is 12.1 Å². The number of nitrogens with two attached hydrogens (primary N) is 1. The molecule has 1 aromatic rings. The molecular formula is C13H18ClNO. The summed E-state index contributed by atoms with van der Waals surface area (Å²) in [5.41, 5.74) is 8.38. The van der Waals surface area contributed by atoms with Gasteiger partial charge in [-0.15, -0.1) is 0 Å². The summed E-state index contributed by atoms with van der Waals surface area (Å²) < 4.78 is 5.37. The van der Waals surface area contributed by atoms with E-state index in [-0.39, 0.29) is 5.54 Å². The standard InChI is InChI=1S/C13H18ClNO/c1-3-10-11(14)6-9(7-12(10)16-2)8-13(15)4-5-13/h6-7H,3-5,8,15H2,1-2H3. The fourth-order valence-electron chi connectivity index (χ4n) is 2.04. The van der Waals surface area contributed by atoms with E-state index >= 15 is 0 Å². The number of methoxy groups -OCH3 is 1. The average Bonchev–Trinajstić information content (AvgIpc) is 2.95.